The lowest BCUT2D eigenvalue weighted by atomic mass is 10.2. The van der Waals surface area contributed by atoms with Gasteiger partial charge in [-0.2, -0.15) is 17.6 Å². The Morgan fingerprint density at radius 2 is 1.50 bits per heavy atom. The molecule has 4 nitrogen and oxygen atoms in total. The average Bonchev–Trinajstić information content (AvgIpc) is 1.79. The van der Waals surface area contributed by atoms with Crippen LogP contribution in [0, 0.1) is 0 Å². The fraction of sp³-hybridized carbons (Fsp3) is 0.750. The van der Waals surface area contributed by atoms with Gasteiger partial charge in [-0.05, 0) is 23.2 Å². The minimum atomic E-state index is -4.90. The number of carbonyl (C=O) groups is 1. The van der Waals surface area contributed by atoms with Crippen LogP contribution in [0.4, 0.5) is 22.4 Å². The van der Waals surface area contributed by atoms with Crippen LogP contribution >= 0.6 is 23.2 Å². The molecule has 0 rings (SSSR count). The van der Waals surface area contributed by atoms with Gasteiger partial charge in [0.1, 0.15) is 0 Å². The monoisotopic (exact) mass is 258 g/mol. The Balaban J connectivity index is 5.18. The minimum Gasteiger partial charge on any atom is -0.359 e. The van der Waals surface area contributed by atoms with E-state index in [4.69, 9.17) is 5.11 Å². The Hall–Kier alpha value is -0.470. The average molecular weight is 259 g/mol. The van der Waals surface area contributed by atoms with Crippen LogP contribution in [0.3, 0.4) is 0 Å². The Labute approximate surface area is 84.9 Å². The lowest BCUT2D eigenvalue weighted by Gasteiger charge is -2.34. The Bertz CT molecular complexity index is 224. The van der Waals surface area contributed by atoms with Gasteiger partial charge in [-0.15, -0.1) is 0 Å². The number of urea groups is 1. The number of nitrogens with two attached hydrogens (primary N) is 1. The van der Waals surface area contributed by atoms with Gasteiger partial charge in [0, 0.05) is 0 Å². The molecule has 0 unspecified atom stereocenters. The van der Waals surface area contributed by atoms with Gasteiger partial charge in [0.2, 0.25) is 0 Å². The second kappa shape index (κ2) is 3.59. The topological polar surface area (TPSA) is 75.4 Å². The first-order valence-electron chi connectivity index (χ1n) is 2.85. The third-order valence-corrected chi connectivity index (χ3v) is 1.67. The first-order valence-corrected chi connectivity index (χ1v) is 3.61. The summed E-state index contributed by atoms with van der Waals surface area (Å²) in [5.74, 6) is 0. The summed E-state index contributed by atoms with van der Waals surface area (Å²) in [6.45, 7) is 0. The molecule has 2 amide bonds. The molecular formula is C4H4Cl2F4N2O2. The number of alkyl halides is 6. The van der Waals surface area contributed by atoms with Gasteiger partial charge in [0.15, 0.2) is 0 Å². The zero-order valence-corrected chi connectivity index (χ0v) is 7.71. The van der Waals surface area contributed by atoms with Crippen LogP contribution in [0.1, 0.15) is 0 Å². The SMILES string of the molecule is NC(=O)NC(O)(C(F)(F)Cl)C(F)(F)Cl. The molecule has 84 valence electrons. The summed E-state index contributed by atoms with van der Waals surface area (Å²) in [7, 11) is 0. The normalized spacial score (nSPS) is 13.9. The summed E-state index contributed by atoms with van der Waals surface area (Å²) in [6, 6.07) is -1.84. The summed E-state index contributed by atoms with van der Waals surface area (Å²) < 4.78 is 49.2. The number of primary amides is 1. The van der Waals surface area contributed by atoms with Crippen LogP contribution in [0.15, 0.2) is 0 Å². The predicted octanol–water partition coefficient (Wildman–Crippen LogP) is 1.01. The molecule has 0 aromatic rings. The summed E-state index contributed by atoms with van der Waals surface area (Å²) >= 11 is 8.30. The van der Waals surface area contributed by atoms with Gasteiger partial charge in [-0.1, -0.05) is 0 Å². The first-order chi connectivity index (χ1) is 5.92. The van der Waals surface area contributed by atoms with Crippen molar-refractivity contribution < 1.29 is 27.5 Å². The molecular weight excluding hydrogens is 255 g/mol. The number of rotatable bonds is 3. The summed E-state index contributed by atoms with van der Waals surface area (Å²) in [6.07, 6.45) is 0. The molecule has 0 saturated carbocycles. The van der Waals surface area contributed by atoms with E-state index in [1.807, 2.05) is 0 Å². The molecule has 0 aliphatic carbocycles. The number of hydrogen-bond acceptors (Lipinski definition) is 2. The smallest absolute Gasteiger partial charge is 0.359 e. The maximum Gasteiger partial charge on any atom is 0.376 e. The Morgan fingerprint density at radius 3 is 1.57 bits per heavy atom. The number of nitrogens with one attached hydrogen (secondary N) is 1. The van der Waals surface area contributed by atoms with Gasteiger partial charge in [-0.3, -0.25) is 5.32 Å². The molecule has 4 N–H and O–H groups in total. The van der Waals surface area contributed by atoms with Crippen molar-refractivity contribution >= 4 is 29.2 Å². The third-order valence-electron chi connectivity index (χ3n) is 1.12. The number of halogens is 6. The molecule has 0 saturated heterocycles. The van der Waals surface area contributed by atoms with E-state index in [1.165, 1.54) is 0 Å². The molecule has 0 aliphatic heterocycles. The quantitative estimate of drug-likeness (QED) is 0.402. The third kappa shape index (κ3) is 2.52. The van der Waals surface area contributed by atoms with Crippen LogP contribution in [-0.2, 0) is 0 Å². The van der Waals surface area contributed by atoms with E-state index in [9.17, 15) is 22.4 Å². The van der Waals surface area contributed by atoms with E-state index in [1.54, 1.807) is 0 Å². The summed E-state index contributed by atoms with van der Waals surface area (Å²) in [4.78, 5) is 10.1. The highest BCUT2D eigenvalue weighted by atomic mass is 35.5. The van der Waals surface area contributed by atoms with Gasteiger partial charge >= 0.3 is 22.5 Å². The Kier molecular flexibility index (Phi) is 3.47. The summed E-state index contributed by atoms with van der Waals surface area (Å²) in [5, 5.41) is -0.446. The van der Waals surface area contributed by atoms with Crippen molar-refractivity contribution in [1.29, 1.82) is 0 Å². The second-order valence-corrected chi connectivity index (χ2v) is 3.14. The number of carbonyl (C=O) groups excluding carboxylic acids is 1. The highest BCUT2D eigenvalue weighted by molar-refractivity contribution is 6.26. The molecule has 0 bridgehead atoms. The molecule has 0 aliphatic rings. The van der Waals surface area contributed by atoms with Crippen molar-refractivity contribution in [3.63, 3.8) is 0 Å². The molecule has 10 heteroatoms. The highest BCUT2D eigenvalue weighted by Gasteiger charge is 2.68. The molecule has 14 heavy (non-hydrogen) atoms. The largest absolute Gasteiger partial charge is 0.376 e. The van der Waals surface area contributed by atoms with E-state index < -0.39 is 22.5 Å². The maximum atomic E-state index is 12.3. The zero-order valence-electron chi connectivity index (χ0n) is 6.20. The fourth-order valence-electron chi connectivity index (χ4n) is 0.481. The second-order valence-electron chi connectivity index (χ2n) is 2.20. The van der Waals surface area contributed by atoms with Crippen molar-refractivity contribution in [1.82, 2.24) is 5.32 Å². The molecule has 0 aromatic carbocycles. The minimum absolute atomic E-state index is 0.667. The number of hydrogen-bond donors (Lipinski definition) is 3. The van der Waals surface area contributed by atoms with Crippen molar-refractivity contribution in [3.05, 3.63) is 0 Å². The fourth-order valence-corrected chi connectivity index (χ4v) is 0.861. The van der Waals surface area contributed by atoms with E-state index >= 15 is 0 Å². The highest BCUT2D eigenvalue weighted by Crippen LogP contribution is 2.43. The van der Waals surface area contributed by atoms with Crippen LogP contribution < -0.4 is 11.1 Å². The predicted molar refractivity (Wildman–Crippen MR) is 39.3 cm³/mol. The lowest BCUT2D eigenvalue weighted by molar-refractivity contribution is -0.226. The van der Waals surface area contributed by atoms with Gasteiger partial charge in [0.05, 0.1) is 0 Å². The number of amides is 2. The maximum absolute atomic E-state index is 12.3. The zero-order chi connectivity index (χ0) is 11.8. The lowest BCUT2D eigenvalue weighted by Crippen LogP contribution is -2.67. The van der Waals surface area contributed by atoms with E-state index in [0.29, 0.717) is 5.32 Å². The van der Waals surface area contributed by atoms with Gasteiger partial charge in [0.25, 0.3) is 0 Å². The van der Waals surface area contributed by atoms with E-state index in [-0.39, 0.29) is 0 Å². The molecule has 0 spiro atoms. The summed E-state index contributed by atoms with van der Waals surface area (Å²) in [5.41, 5.74) is -0.185. The van der Waals surface area contributed by atoms with Crippen LogP contribution in [0.5, 0.6) is 0 Å². The standard InChI is InChI=1S/C4H4Cl2F4N2O2/c5-3(7,8)2(14,4(6,9)10)12-1(11)13/h14H,(H3,11,12,13). The van der Waals surface area contributed by atoms with E-state index in [2.05, 4.69) is 28.9 Å². The Morgan fingerprint density at radius 1 is 1.21 bits per heavy atom. The van der Waals surface area contributed by atoms with Crippen molar-refractivity contribution in [2.45, 2.75) is 16.5 Å². The van der Waals surface area contributed by atoms with E-state index in [0.717, 1.165) is 0 Å². The van der Waals surface area contributed by atoms with Gasteiger partial charge < -0.3 is 10.8 Å². The van der Waals surface area contributed by atoms with Crippen LogP contribution in [0.2, 0.25) is 0 Å². The molecule has 0 atom stereocenters. The molecule has 0 aromatic heterocycles. The first kappa shape index (κ1) is 13.5. The number of aliphatic hydroxyl groups is 1. The van der Waals surface area contributed by atoms with Crippen molar-refractivity contribution in [3.8, 4) is 0 Å². The molecule has 0 fully saturated rings. The molecule has 0 heterocycles. The van der Waals surface area contributed by atoms with Crippen LogP contribution in [-0.4, -0.2) is 27.6 Å². The van der Waals surface area contributed by atoms with Crippen molar-refractivity contribution in [2.75, 3.05) is 0 Å². The molecule has 0 radical (unpaired) electrons. The van der Waals surface area contributed by atoms with Crippen LogP contribution in [0.25, 0.3) is 0 Å². The van der Waals surface area contributed by atoms with Gasteiger partial charge in [-0.25, -0.2) is 4.79 Å². The van der Waals surface area contributed by atoms with Crippen molar-refractivity contribution in [2.24, 2.45) is 5.73 Å².